The van der Waals surface area contributed by atoms with Crippen LogP contribution in [0.4, 0.5) is 10.5 Å². The quantitative estimate of drug-likeness (QED) is 0.388. The van der Waals surface area contributed by atoms with Crippen LogP contribution in [0.1, 0.15) is 54.3 Å². The highest BCUT2D eigenvalue weighted by atomic mass is 35.5. The number of likely N-dealkylation sites (N-methyl/N-ethyl adjacent to an activating group) is 1. The molecule has 0 saturated carbocycles. The Labute approximate surface area is 205 Å². The second kappa shape index (κ2) is 10.3. The van der Waals surface area contributed by atoms with Crippen molar-refractivity contribution in [1.29, 1.82) is 0 Å². The number of hydrogen-bond donors (Lipinski definition) is 2. The second-order valence-corrected chi connectivity index (χ2v) is 10.9. The number of anilines is 1. The Morgan fingerprint density at radius 3 is 2.67 bits per heavy atom. The maximum Gasteiger partial charge on any atom is 0.319 e. The average molecular weight is 485 g/mol. The van der Waals surface area contributed by atoms with Crippen molar-refractivity contribution in [2.24, 2.45) is 5.92 Å². The van der Waals surface area contributed by atoms with Crippen LogP contribution in [-0.4, -0.2) is 29.1 Å². The number of nitrogens with zero attached hydrogens (tertiary/aromatic N) is 2. The SMILES string of the molecule is Cc1ccc(NC(=O)N[C@H](CCC(C)C)c2c(-n3cccc3)sc3c2CCN(C)C3)cc1Cl. The van der Waals surface area contributed by atoms with E-state index >= 15 is 0 Å². The largest absolute Gasteiger partial charge is 0.331 e. The van der Waals surface area contributed by atoms with Crippen molar-refractivity contribution in [3.63, 3.8) is 0 Å². The maximum absolute atomic E-state index is 13.1. The molecule has 1 aliphatic rings. The Kier molecular flexibility index (Phi) is 7.47. The fourth-order valence-electron chi connectivity index (χ4n) is 4.35. The molecule has 3 aromatic rings. The molecule has 1 atom stereocenters. The van der Waals surface area contributed by atoms with Gasteiger partial charge in [-0.1, -0.05) is 31.5 Å². The van der Waals surface area contributed by atoms with Gasteiger partial charge in [0.2, 0.25) is 0 Å². The predicted molar refractivity (Wildman–Crippen MR) is 139 cm³/mol. The van der Waals surface area contributed by atoms with Crippen molar-refractivity contribution in [2.45, 2.75) is 52.6 Å². The minimum Gasteiger partial charge on any atom is -0.331 e. The van der Waals surface area contributed by atoms with Crippen LogP contribution in [0, 0.1) is 12.8 Å². The highest BCUT2D eigenvalue weighted by molar-refractivity contribution is 7.15. The van der Waals surface area contributed by atoms with Crippen molar-refractivity contribution in [1.82, 2.24) is 14.8 Å². The molecule has 0 saturated heterocycles. The van der Waals surface area contributed by atoms with Crippen LogP contribution in [0.5, 0.6) is 0 Å². The van der Waals surface area contributed by atoms with Crippen LogP contribution in [0.25, 0.3) is 5.00 Å². The van der Waals surface area contributed by atoms with E-state index in [2.05, 4.69) is 65.5 Å². The van der Waals surface area contributed by atoms with E-state index in [1.54, 1.807) is 6.07 Å². The first kappa shape index (κ1) is 23.9. The lowest BCUT2D eigenvalue weighted by molar-refractivity contribution is 0.247. The molecule has 0 radical (unpaired) electrons. The molecule has 0 fully saturated rings. The molecule has 7 heteroatoms. The first-order valence-corrected chi connectivity index (χ1v) is 12.8. The van der Waals surface area contributed by atoms with Gasteiger partial charge in [0.05, 0.1) is 6.04 Å². The van der Waals surface area contributed by atoms with E-state index in [4.69, 9.17) is 11.6 Å². The van der Waals surface area contributed by atoms with Gasteiger partial charge in [0.15, 0.2) is 0 Å². The number of thiophene rings is 1. The number of benzene rings is 1. The number of halogens is 1. The lowest BCUT2D eigenvalue weighted by atomic mass is 9.92. The summed E-state index contributed by atoms with van der Waals surface area (Å²) in [5, 5.41) is 8.16. The normalized spacial score (nSPS) is 14.8. The summed E-state index contributed by atoms with van der Waals surface area (Å²) in [6.45, 7) is 8.41. The molecule has 2 amide bonds. The second-order valence-electron chi connectivity index (χ2n) is 9.39. The van der Waals surface area contributed by atoms with Gasteiger partial charge >= 0.3 is 6.03 Å². The standard InChI is InChI=1S/C26H33ClN4OS/c1-17(2)7-10-22(29-26(32)28-19-9-8-18(3)21(27)15-19)24-20-11-14-30(4)16-23(20)33-25(24)31-12-5-6-13-31/h5-6,8-9,12-13,15,17,22H,7,10-11,14,16H2,1-4H3,(H2,28,29,32)/t22-/m1/s1. The monoisotopic (exact) mass is 484 g/mol. The maximum atomic E-state index is 13.1. The highest BCUT2D eigenvalue weighted by Gasteiger charge is 2.29. The van der Waals surface area contributed by atoms with Gasteiger partial charge in [-0.05, 0) is 74.5 Å². The minimum atomic E-state index is -0.199. The van der Waals surface area contributed by atoms with E-state index in [1.807, 2.05) is 30.4 Å². The van der Waals surface area contributed by atoms with Crippen LogP contribution in [0.15, 0.2) is 42.7 Å². The Bertz CT molecular complexity index is 1110. The first-order chi connectivity index (χ1) is 15.8. The lowest BCUT2D eigenvalue weighted by Gasteiger charge is -2.26. The number of aryl methyl sites for hydroxylation is 1. The zero-order valence-corrected chi connectivity index (χ0v) is 21.4. The van der Waals surface area contributed by atoms with E-state index in [9.17, 15) is 4.79 Å². The summed E-state index contributed by atoms with van der Waals surface area (Å²) in [6.07, 6.45) is 7.13. The molecule has 0 spiro atoms. The van der Waals surface area contributed by atoms with E-state index in [1.165, 1.54) is 21.0 Å². The molecule has 1 aromatic carbocycles. The number of nitrogens with one attached hydrogen (secondary N) is 2. The Hall–Kier alpha value is -2.28. The molecular weight excluding hydrogens is 452 g/mol. The summed E-state index contributed by atoms with van der Waals surface area (Å²) < 4.78 is 2.19. The zero-order valence-electron chi connectivity index (χ0n) is 19.8. The van der Waals surface area contributed by atoms with Gasteiger partial charge in [-0.25, -0.2) is 4.79 Å². The third-order valence-corrected chi connectivity index (χ3v) is 7.88. The first-order valence-electron chi connectivity index (χ1n) is 11.6. The number of rotatable bonds is 7. The summed E-state index contributed by atoms with van der Waals surface area (Å²) in [5.74, 6) is 0.559. The van der Waals surface area contributed by atoms with Gasteiger partial charge in [0.25, 0.3) is 0 Å². The molecule has 176 valence electrons. The Balaban J connectivity index is 1.66. The van der Waals surface area contributed by atoms with Crippen LogP contribution >= 0.6 is 22.9 Å². The number of carbonyl (C=O) groups excluding carboxylic acids is 1. The fourth-order valence-corrected chi connectivity index (χ4v) is 5.98. The molecule has 4 rings (SSSR count). The van der Waals surface area contributed by atoms with Gasteiger partial charge in [-0.15, -0.1) is 11.3 Å². The predicted octanol–water partition coefficient (Wildman–Crippen LogP) is 6.79. The van der Waals surface area contributed by atoms with Crippen LogP contribution in [0.2, 0.25) is 5.02 Å². The van der Waals surface area contributed by atoms with Crippen molar-refractivity contribution >= 4 is 34.7 Å². The molecule has 0 bridgehead atoms. The zero-order chi connectivity index (χ0) is 23.5. The Morgan fingerprint density at radius 1 is 1.21 bits per heavy atom. The van der Waals surface area contributed by atoms with E-state index in [0.29, 0.717) is 16.6 Å². The third-order valence-electron chi connectivity index (χ3n) is 6.22. The van der Waals surface area contributed by atoms with E-state index < -0.39 is 0 Å². The summed E-state index contributed by atoms with van der Waals surface area (Å²) in [5.41, 5.74) is 4.38. The molecule has 33 heavy (non-hydrogen) atoms. The molecule has 0 unspecified atom stereocenters. The van der Waals surface area contributed by atoms with Crippen molar-refractivity contribution < 1.29 is 4.79 Å². The number of amides is 2. The lowest BCUT2D eigenvalue weighted by Crippen LogP contribution is -2.34. The van der Waals surface area contributed by atoms with Crippen molar-refractivity contribution in [3.8, 4) is 5.00 Å². The van der Waals surface area contributed by atoms with Gasteiger partial charge in [-0.2, -0.15) is 0 Å². The molecular formula is C26H33ClN4OS. The van der Waals surface area contributed by atoms with Crippen LogP contribution in [0.3, 0.4) is 0 Å². The number of hydrogen-bond acceptors (Lipinski definition) is 3. The summed E-state index contributed by atoms with van der Waals surface area (Å²) in [6, 6.07) is 9.45. The summed E-state index contributed by atoms with van der Waals surface area (Å²) in [4.78, 5) is 16.9. The summed E-state index contributed by atoms with van der Waals surface area (Å²) >= 11 is 8.11. The molecule has 5 nitrogen and oxygen atoms in total. The minimum absolute atomic E-state index is 0.0610. The number of fused-ring (bicyclic) bond motifs is 1. The Morgan fingerprint density at radius 2 is 1.97 bits per heavy atom. The fraction of sp³-hybridized carbons (Fsp3) is 0.423. The van der Waals surface area contributed by atoms with Crippen LogP contribution in [-0.2, 0) is 13.0 Å². The van der Waals surface area contributed by atoms with Crippen molar-refractivity contribution in [3.05, 3.63) is 69.3 Å². The van der Waals surface area contributed by atoms with Gasteiger partial charge in [0.1, 0.15) is 5.00 Å². The number of aromatic nitrogens is 1. The third kappa shape index (κ3) is 5.62. The van der Waals surface area contributed by atoms with Gasteiger partial charge < -0.3 is 20.1 Å². The molecule has 2 aromatic heterocycles. The van der Waals surface area contributed by atoms with Crippen molar-refractivity contribution in [2.75, 3.05) is 18.9 Å². The molecule has 1 aliphatic heterocycles. The smallest absolute Gasteiger partial charge is 0.319 e. The summed E-state index contributed by atoms with van der Waals surface area (Å²) in [7, 11) is 2.17. The van der Waals surface area contributed by atoms with Gasteiger partial charge in [-0.3, -0.25) is 0 Å². The van der Waals surface area contributed by atoms with Gasteiger partial charge in [0, 0.05) is 46.6 Å². The van der Waals surface area contributed by atoms with E-state index in [-0.39, 0.29) is 12.1 Å². The molecule has 2 N–H and O–H groups in total. The number of carbonyl (C=O) groups is 1. The molecule has 3 heterocycles. The topological polar surface area (TPSA) is 49.3 Å². The highest BCUT2D eigenvalue weighted by Crippen LogP contribution is 2.40. The van der Waals surface area contributed by atoms with E-state index in [0.717, 1.165) is 37.9 Å². The molecule has 0 aliphatic carbocycles. The number of urea groups is 1. The van der Waals surface area contributed by atoms with Crippen LogP contribution < -0.4 is 10.6 Å². The average Bonchev–Trinajstić information content (AvgIpc) is 3.41.